The van der Waals surface area contributed by atoms with Crippen molar-refractivity contribution in [2.45, 2.75) is 59.2 Å². The van der Waals surface area contributed by atoms with Crippen LogP contribution in [0.15, 0.2) is 16.4 Å². The van der Waals surface area contributed by atoms with Gasteiger partial charge in [-0.25, -0.2) is 0 Å². The monoisotopic (exact) mass is 322 g/mol. The summed E-state index contributed by atoms with van der Waals surface area (Å²) >= 11 is 1.90. The number of guanidine groups is 1. The molecule has 22 heavy (non-hydrogen) atoms. The lowest BCUT2D eigenvalue weighted by Gasteiger charge is -2.32. The van der Waals surface area contributed by atoms with Crippen LogP contribution >= 0.6 is 11.3 Å². The zero-order chi connectivity index (χ0) is 16.2. The third-order valence-corrected chi connectivity index (χ3v) is 4.83. The van der Waals surface area contributed by atoms with Gasteiger partial charge in [0.25, 0.3) is 0 Å². The summed E-state index contributed by atoms with van der Waals surface area (Å²) in [6.45, 7) is 14.8. The van der Waals surface area contributed by atoms with Crippen molar-refractivity contribution < 1.29 is 0 Å². The fourth-order valence-corrected chi connectivity index (χ4v) is 3.54. The van der Waals surface area contributed by atoms with Crippen LogP contribution in [-0.4, -0.2) is 42.1 Å². The summed E-state index contributed by atoms with van der Waals surface area (Å²) in [6, 6.07) is 2.73. The summed E-state index contributed by atoms with van der Waals surface area (Å²) in [5, 5.41) is 9.00. The van der Waals surface area contributed by atoms with E-state index in [9.17, 15) is 0 Å². The van der Waals surface area contributed by atoms with Crippen LogP contribution in [0.25, 0.3) is 0 Å². The van der Waals surface area contributed by atoms with E-state index < -0.39 is 0 Å². The minimum absolute atomic E-state index is 0.0287. The first kappa shape index (κ1) is 17.3. The van der Waals surface area contributed by atoms with Crippen LogP contribution in [0, 0.1) is 0 Å². The first-order valence-electron chi connectivity index (χ1n) is 8.25. The highest BCUT2D eigenvalue weighted by Gasteiger charge is 2.21. The van der Waals surface area contributed by atoms with E-state index in [0.717, 1.165) is 32.1 Å². The second-order valence-corrected chi connectivity index (χ2v) is 8.03. The maximum absolute atomic E-state index is 4.77. The Morgan fingerprint density at radius 1 is 1.45 bits per heavy atom. The van der Waals surface area contributed by atoms with E-state index in [0.29, 0.717) is 6.04 Å². The van der Waals surface area contributed by atoms with Crippen molar-refractivity contribution in [1.29, 1.82) is 0 Å². The van der Waals surface area contributed by atoms with Gasteiger partial charge in [-0.15, -0.1) is 11.3 Å². The highest BCUT2D eigenvalue weighted by molar-refractivity contribution is 7.10. The summed E-state index contributed by atoms with van der Waals surface area (Å²) < 4.78 is 0. The average Bonchev–Trinajstić information content (AvgIpc) is 2.90. The van der Waals surface area contributed by atoms with Gasteiger partial charge in [-0.2, -0.15) is 0 Å². The van der Waals surface area contributed by atoms with Gasteiger partial charge < -0.3 is 10.6 Å². The first-order valence-corrected chi connectivity index (χ1v) is 9.13. The molecule has 0 amide bonds. The summed E-state index contributed by atoms with van der Waals surface area (Å²) in [5.41, 5.74) is 1.54. The van der Waals surface area contributed by atoms with E-state index in [4.69, 9.17) is 4.99 Å². The zero-order valence-electron chi connectivity index (χ0n) is 14.6. The molecule has 1 aromatic rings. The van der Waals surface area contributed by atoms with Gasteiger partial charge >= 0.3 is 0 Å². The van der Waals surface area contributed by atoms with E-state index in [1.54, 1.807) is 4.88 Å². The number of fused-ring (bicyclic) bond motifs is 1. The van der Waals surface area contributed by atoms with Crippen molar-refractivity contribution >= 4 is 17.3 Å². The fraction of sp³-hybridized carbons (Fsp3) is 0.706. The molecule has 0 radical (unpaired) electrons. The predicted molar refractivity (Wildman–Crippen MR) is 96.8 cm³/mol. The highest BCUT2D eigenvalue weighted by Crippen LogP contribution is 2.25. The van der Waals surface area contributed by atoms with Gasteiger partial charge in [-0.1, -0.05) is 0 Å². The van der Waals surface area contributed by atoms with Crippen LogP contribution in [0.1, 0.15) is 45.1 Å². The standard InChI is InChI=1S/C17H30N4S/c1-6-18-16(20-17(3,4)5)19-11-13(2)21-9-7-15-14(12-21)8-10-22-15/h8,10,13H,6-7,9,11-12H2,1-5H3,(H2,18,19,20). The number of rotatable bonds is 4. The van der Waals surface area contributed by atoms with Crippen molar-refractivity contribution in [2.75, 3.05) is 19.6 Å². The molecule has 2 N–H and O–H groups in total. The maximum atomic E-state index is 4.77. The van der Waals surface area contributed by atoms with E-state index in [-0.39, 0.29) is 5.54 Å². The molecule has 124 valence electrons. The Hall–Kier alpha value is -1.07. The smallest absolute Gasteiger partial charge is 0.191 e. The average molecular weight is 323 g/mol. The van der Waals surface area contributed by atoms with Crippen LogP contribution in [-0.2, 0) is 13.0 Å². The van der Waals surface area contributed by atoms with Gasteiger partial charge in [0.05, 0.1) is 6.54 Å². The van der Waals surface area contributed by atoms with E-state index in [1.165, 1.54) is 12.0 Å². The van der Waals surface area contributed by atoms with Crippen LogP contribution in [0.4, 0.5) is 0 Å². The second kappa shape index (κ2) is 7.47. The molecule has 2 heterocycles. The van der Waals surface area contributed by atoms with Crippen molar-refractivity contribution in [1.82, 2.24) is 15.5 Å². The zero-order valence-corrected chi connectivity index (χ0v) is 15.4. The van der Waals surface area contributed by atoms with Crippen LogP contribution in [0.3, 0.4) is 0 Å². The Morgan fingerprint density at radius 3 is 2.91 bits per heavy atom. The quantitative estimate of drug-likeness (QED) is 0.661. The topological polar surface area (TPSA) is 39.7 Å². The Bertz CT molecular complexity index is 501. The number of hydrogen-bond donors (Lipinski definition) is 2. The van der Waals surface area contributed by atoms with Crippen molar-refractivity contribution in [2.24, 2.45) is 4.99 Å². The van der Waals surface area contributed by atoms with Gasteiger partial charge in [0, 0.05) is 36.1 Å². The molecule has 1 aromatic heterocycles. The van der Waals surface area contributed by atoms with E-state index >= 15 is 0 Å². The van der Waals surface area contributed by atoms with Gasteiger partial charge in [0.1, 0.15) is 0 Å². The van der Waals surface area contributed by atoms with Gasteiger partial charge in [-0.05, 0) is 58.0 Å². The molecule has 4 nitrogen and oxygen atoms in total. The molecule has 0 bridgehead atoms. The van der Waals surface area contributed by atoms with E-state index in [2.05, 4.69) is 61.6 Å². The lowest BCUT2D eigenvalue weighted by Crippen LogP contribution is -2.48. The minimum atomic E-state index is 0.0287. The fourth-order valence-electron chi connectivity index (χ4n) is 2.65. The van der Waals surface area contributed by atoms with Crippen molar-refractivity contribution in [3.8, 4) is 0 Å². The summed E-state index contributed by atoms with van der Waals surface area (Å²) in [6.07, 6.45) is 1.18. The van der Waals surface area contributed by atoms with Crippen molar-refractivity contribution in [3.63, 3.8) is 0 Å². The SMILES string of the molecule is CCNC(=NCC(C)N1CCc2sccc2C1)NC(C)(C)C. The molecular weight excluding hydrogens is 292 g/mol. The Balaban J connectivity index is 1.92. The predicted octanol–water partition coefficient (Wildman–Crippen LogP) is 2.85. The molecule has 0 saturated heterocycles. The van der Waals surface area contributed by atoms with Crippen molar-refractivity contribution in [3.05, 3.63) is 21.9 Å². The third kappa shape index (κ3) is 4.99. The van der Waals surface area contributed by atoms with Crippen LogP contribution in [0.2, 0.25) is 0 Å². The van der Waals surface area contributed by atoms with Gasteiger partial charge in [-0.3, -0.25) is 9.89 Å². The normalized spacial score (nSPS) is 18.0. The second-order valence-electron chi connectivity index (χ2n) is 7.03. The molecule has 0 spiro atoms. The molecule has 5 heteroatoms. The Labute approximate surface area is 139 Å². The molecule has 0 fully saturated rings. The molecule has 0 aromatic carbocycles. The number of aliphatic imine (C=N–C) groups is 1. The number of hydrogen-bond acceptors (Lipinski definition) is 3. The molecule has 1 aliphatic rings. The number of nitrogens with one attached hydrogen (secondary N) is 2. The summed E-state index contributed by atoms with van der Waals surface area (Å²) in [5.74, 6) is 0.912. The molecule has 1 unspecified atom stereocenters. The maximum Gasteiger partial charge on any atom is 0.191 e. The molecular formula is C17H30N4S. The molecule has 0 aliphatic carbocycles. The van der Waals surface area contributed by atoms with Gasteiger partial charge in [0.15, 0.2) is 5.96 Å². The summed E-state index contributed by atoms with van der Waals surface area (Å²) in [7, 11) is 0. The first-order chi connectivity index (χ1) is 10.4. The largest absolute Gasteiger partial charge is 0.357 e. The molecule has 2 rings (SSSR count). The lowest BCUT2D eigenvalue weighted by atomic mass is 10.1. The lowest BCUT2D eigenvalue weighted by molar-refractivity contribution is 0.197. The van der Waals surface area contributed by atoms with E-state index in [1.807, 2.05) is 11.3 Å². The van der Waals surface area contributed by atoms with Gasteiger partial charge in [0.2, 0.25) is 0 Å². The highest BCUT2D eigenvalue weighted by atomic mass is 32.1. The number of nitrogens with zero attached hydrogens (tertiary/aromatic N) is 2. The van der Waals surface area contributed by atoms with Crippen LogP contribution in [0.5, 0.6) is 0 Å². The Morgan fingerprint density at radius 2 is 2.23 bits per heavy atom. The molecule has 1 aliphatic heterocycles. The third-order valence-electron chi connectivity index (χ3n) is 3.81. The molecule has 0 saturated carbocycles. The van der Waals surface area contributed by atoms with Crippen LogP contribution < -0.4 is 10.6 Å². The minimum Gasteiger partial charge on any atom is -0.357 e. The molecule has 1 atom stereocenters. The number of thiophene rings is 1. The summed E-state index contributed by atoms with van der Waals surface area (Å²) in [4.78, 5) is 8.88. The Kier molecular flexibility index (Phi) is 5.87.